The largest absolute Gasteiger partial charge is 0.490 e. The molecule has 19 heavy (non-hydrogen) atoms. The minimum Gasteiger partial charge on any atom is -0.490 e. The Kier molecular flexibility index (Phi) is 5.37. The number of benzene rings is 2. The van der Waals surface area contributed by atoms with E-state index >= 15 is 0 Å². The van der Waals surface area contributed by atoms with Gasteiger partial charge in [0.05, 0.1) is 10.9 Å². The van der Waals surface area contributed by atoms with Crippen LogP contribution < -0.4 is 9.47 Å². The van der Waals surface area contributed by atoms with E-state index in [4.69, 9.17) is 32.7 Å². The molecule has 2 rings (SSSR count). The van der Waals surface area contributed by atoms with Gasteiger partial charge in [-0.1, -0.05) is 41.9 Å². The van der Waals surface area contributed by atoms with Crippen molar-refractivity contribution >= 4 is 23.2 Å². The molecule has 2 aromatic rings. The van der Waals surface area contributed by atoms with Gasteiger partial charge in [0.15, 0.2) is 0 Å². The summed E-state index contributed by atoms with van der Waals surface area (Å²) >= 11 is 11.9. The summed E-state index contributed by atoms with van der Waals surface area (Å²) in [7, 11) is 0. The molecule has 0 saturated carbocycles. The number of ether oxygens (including phenoxy) is 2. The van der Waals surface area contributed by atoms with Crippen molar-refractivity contribution in [1.82, 2.24) is 0 Å². The molecule has 0 radical (unpaired) electrons. The van der Waals surface area contributed by atoms with Crippen LogP contribution in [0.4, 0.5) is 0 Å². The monoisotopic (exact) mass is 296 g/mol. The van der Waals surface area contributed by atoms with Crippen molar-refractivity contribution in [3.63, 3.8) is 0 Å². The fourth-order valence-corrected chi connectivity index (χ4v) is 2.10. The van der Waals surface area contributed by atoms with Gasteiger partial charge in [0, 0.05) is 5.56 Å². The highest BCUT2D eigenvalue weighted by Crippen LogP contribution is 2.29. The Morgan fingerprint density at radius 3 is 2.32 bits per heavy atom. The number of hydrogen-bond donors (Lipinski definition) is 0. The second-order valence-electron chi connectivity index (χ2n) is 3.87. The van der Waals surface area contributed by atoms with Crippen LogP contribution in [0, 0.1) is 0 Å². The third-order valence-electron chi connectivity index (χ3n) is 2.53. The summed E-state index contributed by atoms with van der Waals surface area (Å²) in [4.78, 5) is 0. The molecule has 0 spiro atoms. The molecular weight excluding hydrogens is 283 g/mol. The van der Waals surface area contributed by atoms with Gasteiger partial charge in [0.1, 0.15) is 24.7 Å². The van der Waals surface area contributed by atoms with Crippen LogP contribution in [-0.2, 0) is 5.88 Å². The van der Waals surface area contributed by atoms with Crippen molar-refractivity contribution in [3.05, 3.63) is 59.1 Å². The molecule has 0 aliphatic carbocycles. The molecule has 2 nitrogen and oxygen atoms in total. The molecule has 0 atom stereocenters. The maximum atomic E-state index is 6.08. The first-order chi connectivity index (χ1) is 9.31. The van der Waals surface area contributed by atoms with Gasteiger partial charge in [-0.05, 0) is 18.2 Å². The van der Waals surface area contributed by atoms with Crippen molar-refractivity contribution in [2.75, 3.05) is 13.2 Å². The number of alkyl halides is 1. The fraction of sp³-hybridized carbons (Fsp3) is 0.200. The van der Waals surface area contributed by atoms with E-state index in [1.54, 1.807) is 6.07 Å². The summed E-state index contributed by atoms with van der Waals surface area (Å²) in [6.07, 6.45) is 0. The average molecular weight is 297 g/mol. The van der Waals surface area contributed by atoms with Crippen LogP contribution in [-0.4, -0.2) is 13.2 Å². The predicted molar refractivity (Wildman–Crippen MR) is 78.4 cm³/mol. The molecule has 0 unspecified atom stereocenters. The Morgan fingerprint density at radius 2 is 1.58 bits per heavy atom. The van der Waals surface area contributed by atoms with Gasteiger partial charge >= 0.3 is 0 Å². The molecule has 0 bridgehead atoms. The molecule has 2 aromatic carbocycles. The van der Waals surface area contributed by atoms with Gasteiger partial charge in [0.25, 0.3) is 0 Å². The summed E-state index contributed by atoms with van der Waals surface area (Å²) in [5.41, 5.74) is 0.883. The van der Waals surface area contributed by atoms with Crippen LogP contribution in [0.2, 0.25) is 5.02 Å². The Labute approximate surface area is 122 Å². The van der Waals surface area contributed by atoms with Crippen LogP contribution in [0.1, 0.15) is 5.56 Å². The molecule has 0 aliphatic heterocycles. The molecule has 4 heteroatoms. The number of para-hydroxylation sites is 2. The summed E-state index contributed by atoms with van der Waals surface area (Å²) in [5, 5.41) is 0.567. The third kappa shape index (κ3) is 4.05. The minimum atomic E-state index is 0.370. The second-order valence-corrected chi connectivity index (χ2v) is 4.55. The van der Waals surface area contributed by atoms with Crippen molar-refractivity contribution in [2.45, 2.75) is 5.88 Å². The predicted octanol–water partition coefficient (Wildman–Crippen LogP) is 4.54. The van der Waals surface area contributed by atoms with E-state index in [2.05, 4.69) is 0 Å². The molecule has 0 amide bonds. The van der Waals surface area contributed by atoms with Crippen molar-refractivity contribution in [2.24, 2.45) is 0 Å². The lowest BCUT2D eigenvalue weighted by atomic mass is 10.2. The first kappa shape index (κ1) is 14.0. The molecule has 0 heterocycles. The number of rotatable bonds is 6. The van der Waals surface area contributed by atoms with E-state index < -0.39 is 0 Å². The van der Waals surface area contributed by atoms with E-state index in [1.165, 1.54) is 0 Å². The number of halogens is 2. The van der Waals surface area contributed by atoms with E-state index in [0.29, 0.717) is 29.9 Å². The Morgan fingerprint density at radius 1 is 0.842 bits per heavy atom. The lowest BCUT2D eigenvalue weighted by Crippen LogP contribution is -2.10. The molecule has 100 valence electrons. The Balaban J connectivity index is 1.86. The average Bonchev–Trinajstić information content (AvgIpc) is 2.46. The Bertz CT molecular complexity index is 515. The molecule has 0 fully saturated rings. The van der Waals surface area contributed by atoms with Crippen molar-refractivity contribution in [3.8, 4) is 11.5 Å². The third-order valence-corrected chi connectivity index (χ3v) is 3.12. The lowest BCUT2D eigenvalue weighted by molar-refractivity contribution is 0.216. The van der Waals surface area contributed by atoms with Gasteiger partial charge in [-0.3, -0.25) is 0 Å². The summed E-state index contributed by atoms with van der Waals surface area (Å²) < 4.78 is 11.2. The van der Waals surface area contributed by atoms with Crippen molar-refractivity contribution in [1.29, 1.82) is 0 Å². The Hall–Kier alpha value is -1.38. The topological polar surface area (TPSA) is 18.5 Å². The van der Waals surface area contributed by atoms with Gasteiger partial charge < -0.3 is 9.47 Å². The maximum absolute atomic E-state index is 6.08. The van der Waals surface area contributed by atoms with Gasteiger partial charge in [-0.2, -0.15) is 0 Å². The SMILES string of the molecule is ClCc1cccc(Cl)c1OCCOc1ccccc1. The van der Waals surface area contributed by atoms with Gasteiger partial charge in [-0.15, -0.1) is 11.6 Å². The van der Waals surface area contributed by atoms with Crippen LogP contribution >= 0.6 is 23.2 Å². The van der Waals surface area contributed by atoms with E-state index in [-0.39, 0.29) is 0 Å². The highest BCUT2D eigenvalue weighted by molar-refractivity contribution is 6.32. The zero-order valence-corrected chi connectivity index (χ0v) is 11.8. The van der Waals surface area contributed by atoms with Crippen LogP contribution in [0.3, 0.4) is 0 Å². The molecule has 0 aromatic heterocycles. The molecular formula is C15H14Cl2O2. The quantitative estimate of drug-likeness (QED) is 0.576. The molecule has 0 N–H and O–H groups in total. The highest BCUT2D eigenvalue weighted by atomic mass is 35.5. The lowest BCUT2D eigenvalue weighted by Gasteiger charge is -2.12. The van der Waals surface area contributed by atoms with Crippen molar-refractivity contribution < 1.29 is 9.47 Å². The van der Waals surface area contributed by atoms with E-state index in [9.17, 15) is 0 Å². The summed E-state index contributed by atoms with van der Waals surface area (Å²) in [6, 6.07) is 15.1. The standard InChI is InChI=1S/C15H14Cl2O2/c16-11-12-5-4-8-14(17)15(12)19-10-9-18-13-6-2-1-3-7-13/h1-8H,9-11H2. The van der Waals surface area contributed by atoms with Gasteiger partial charge in [-0.25, -0.2) is 0 Å². The fourth-order valence-electron chi connectivity index (χ4n) is 1.64. The van der Waals surface area contributed by atoms with Gasteiger partial charge in [0.2, 0.25) is 0 Å². The van der Waals surface area contributed by atoms with Crippen LogP contribution in [0.5, 0.6) is 11.5 Å². The van der Waals surface area contributed by atoms with E-state index in [0.717, 1.165) is 11.3 Å². The number of hydrogen-bond acceptors (Lipinski definition) is 2. The normalized spacial score (nSPS) is 10.2. The maximum Gasteiger partial charge on any atom is 0.142 e. The smallest absolute Gasteiger partial charge is 0.142 e. The zero-order valence-electron chi connectivity index (χ0n) is 10.3. The molecule has 0 aliphatic rings. The molecule has 0 saturated heterocycles. The first-order valence-electron chi connectivity index (χ1n) is 5.95. The van der Waals surface area contributed by atoms with Crippen LogP contribution in [0.15, 0.2) is 48.5 Å². The van der Waals surface area contributed by atoms with Crippen LogP contribution in [0.25, 0.3) is 0 Å². The minimum absolute atomic E-state index is 0.370. The summed E-state index contributed by atoms with van der Waals surface area (Å²) in [6.45, 7) is 0.874. The first-order valence-corrected chi connectivity index (χ1v) is 6.86. The summed E-state index contributed by atoms with van der Waals surface area (Å²) in [5.74, 6) is 1.83. The zero-order chi connectivity index (χ0) is 13.5. The van der Waals surface area contributed by atoms with E-state index in [1.807, 2.05) is 42.5 Å². The second kappa shape index (κ2) is 7.27. The highest BCUT2D eigenvalue weighted by Gasteiger charge is 2.07.